The van der Waals surface area contributed by atoms with Crippen molar-refractivity contribution in [1.82, 2.24) is 0 Å². The molecule has 1 aromatic carbocycles. The maximum Gasteiger partial charge on any atom is 0.573 e. The summed E-state index contributed by atoms with van der Waals surface area (Å²) >= 11 is 8.63. The number of halogens is 5. The van der Waals surface area contributed by atoms with E-state index in [1.54, 1.807) is 0 Å². The fourth-order valence-electron chi connectivity index (χ4n) is 0.950. The first-order valence-electron chi connectivity index (χ1n) is 3.73. The minimum Gasteiger partial charge on any atom is -0.402 e. The van der Waals surface area contributed by atoms with E-state index in [4.69, 9.17) is 17.3 Å². The van der Waals surface area contributed by atoms with Crippen molar-refractivity contribution in [1.29, 1.82) is 0 Å². The lowest BCUT2D eigenvalue weighted by Crippen LogP contribution is -2.18. The highest BCUT2D eigenvalue weighted by molar-refractivity contribution is 9.08. The van der Waals surface area contributed by atoms with Crippen LogP contribution in [0.5, 0.6) is 5.75 Å². The summed E-state index contributed by atoms with van der Waals surface area (Å²) in [6.07, 6.45) is -4.80. The van der Waals surface area contributed by atoms with Crippen molar-refractivity contribution in [3.8, 4) is 5.75 Å². The highest BCUT2D eigenvalue weighted by Gasteiger charge is 2.33. The van der Waals surface area contributed by atoms with Crippen LogP contribution in [0.15, 0.2) is 12.1 Å². The molecular formula is C8H6BrClF3NO. The van der Waals surface area contributed by atoms with E-state index >= 15 is 0 Å². The Balaban J connectivity index is 3.15. The lowest BCUT2D eigenvalue weighted by Gasteiger charge is -2.14. The van der Waals surface area contributed by atoms with E-state index in [0.29, 0.717) is 10.9 Å². The average molecular weight is 304 g/mol. The topological polar surface area (TPSA) is 35.2 Å². The van der Waals surface area contributed by atoms with Crippen molar-refractivity contribution in [2.45, 2.75) is 11.7 Å². The van der Waals surface area contributed by atoms with Crippen molar-refractivity contribution in [2.75, 3.05) is 5.73 Å². The first-order chi connectivity index (χ1) is 6.85. The number of alkyl halides is 4. The van der Waals surface area contributed by atoms with Crippen LogP contribution in [0.3, 0.4) is 0 Å². The largest absolute Gasteiger partial charge is 0.573 e. The van der Waals surface area contributed by atoms with Crippen molar-refractivity contribution in [3.63, 3.8) is 0 Å². The van der Waals surface area contributed by atoms with E-state index in [0.717, 1.165) is 0 Å². The van der Waals surface area contributed by atoms with Gasteiger partial charge in [0.05, 0.1) is 10.7 Å². The van der Waals surface area contributed by atoms with Gasteiger partial charge in [-0.25, -0.2) is 0 Å². The van der Waals surface area contributed by atoms with Gasteiger partial charge in [0.15, 0.2) is 5.75 Å². The Morgan fingerprint density at radius 3 is 2.47 bits per heavy atom. The summed E-state index contributed by atoms with van der Waals surface area (Å²) in [4.78, 5) is 0. The molecule has 15 heavy (non-hydrogen) atoms. The van der Waals surface area contributed by atoms with Gasteiger partial charge in [0, 0.05) is 5.33 Å². The predicted molar refractivity (Wildman–Crippen MR) is 55.2 cm³/mol. The number of benzene rings is 1. The molecule has 0 heterocycles. The van der Waals surface area contributed by atoms with Gasteiger partial charge in [-0.1, -0.05) is 33.6 Å². The molecule has 0 aliphatic heterocycles. The van der Waals surface area contributed by atoms with Crippen LogP contribution in [0.4, 0.5) is 18.9 Å². The number of hydrogen-bond acceptors (Lipinski definition) is 2. The Morgan fingerprint density at radius 1 is 1.40 bits per heavy atom. The quantitative estimate of drug-likeness (QED) is 0.667. The zero-order chi connectivity index (χ0) is 11.6. The second-order valence-corrected chi connectivity index (χ2v) is 3.60. The van der Waals surface area contributed by atoms with Crippen molar-refractivity contribution >= 4 is 33.2 Å². The van der Waals surface area contributed by atoms with Gasteiger partial charge in [-0.2, -0.15) is 0 Å². The van der Waals surface area contributed by atoms with Gasteiger partial charge in [0.25, 0.3) is 0 Å². The summed E-state index contributed by atoms with van der Waals surface area (Å²) in [5.74, 6) is -0.555. The molecule has 1 rings (SSSR count). The maximum atomic E-state index is 12.0. The van der Waals surface area contributed by atoms with Gasteiger partial charge in [-0.15, -0.1) is 13.2 Å². The van der Waals surface area contributed by atoms with Crippen LogP contribution in [0.1, 0.15) is 5.56 Å². The normalized spacial score (nSPS) is 11.5. The molecule has 0 atom stereocenters. The third-order valence-electron chi connectivity index (χ3n) is 1.60. The summed E-state index contributed by atoms with van der Waals surface area (Å²) in [5.41, 5.74) is 5.83. The molecule has 0 amide bonds. The summed E-state index contributed by atoms with van der Waals surface area (Å²) in [5, 5.41) is 0.152. The summed E-state index contributed by atoms with van der Waals surface area (Å²) in [6, 6.07) is 2.82. The van der Waals surface area contributed by atoms with E-state index < -0.39 is 12.1 Å². The van der Waals surface area contributed by atoms with Crippen LogP contribution in [0.25, 0.3) is 0 Å². The molecule has 0 fully saturated rings. The third-order valence-corrected chi connectivity index (χ3v) is 2.50. The standard InChI is InChI=1S/C8H6BrClF3NO/c9-3-4-1-2-5(10)7(6(4)14)15-8(11,12)13/h1-2H,3,14H2. The number of nitrogens with two attached hydrogens (primary N) is 1. The first-order valence-corrected chi connectivity index (χ1v) is 5.23. The highest BCUT2D eigenvalue weighted by atomic mass is 79.9. The lowest BCUT2D eigenvalue weighted by molar-refractivity contribution is -0.274. The monoisotopic (exact) mass is 303 g/mol. The van der Waals surface area contributed by atoms with Gasteiger partial charge >= 0.3 is 6.36 Å². The first kappa shape index (κ1) is 12.4. The molecular weight excluding hydrogens is 298 g/mol. The zero-order valence-electron chi connectivity index (χ0n) is 7.24. The second kappa shape index (κ2) is 4.49. The Kier molecular flexibility index (Phi) is 3.72. The van der Waals surface area contributed by atoms with Crippen LogP contribution >= 0.6 is 27.5 Å². The highest BCUT2D eigenvalue weighted by Crippen LogP contribution is 2.37. The minimum atomic E-state index is -4.80. The Hall–Kier alpha value is -0.620. The van der Waals surface area contributed by atoms with Crippen LogP contribution < -0.4 is 10.5 Å². The molecule has 0 aromatic heterocycles. The van der Waals surface area contributed by atoms with E-state index in [-0.39, 0.29) is 10.7 Å². The molecule has 7 heteroatoms. The zero-order valence-corrected chi connectivity index (χ0v) is 9.58. The number of nitrogen functional groups attached to an aromatic ring is 1. The molecule has 1 aromatic rings. The number of rotatable bonds is 2. The molecule has 0 radical (unpaired) electrons. The van der Waals surface area contributed by atoms with E-state index in [1.165, 1.54) is 12.1 Å². The molecule has 0 aliphatic carbocycles. The van der Waals surface area contributed by atoms with Gasteiger partial charge in [0.1, 0.15) is 0 Å². The molecule has 0 bridgehead atoms. The summed E-state index contributed by atoms with van der Waals surface area (Å²) in [6.45, 7) is 0. The van der Waals surface area contributed by atoms with Crippen LogP contribution in [-0.2, 0) is 5.33 Å². The molecule has 84 valence electrons. The van der Waals surface area contributed by atoms with Gasteiger partial charge in [-0.05, 0) is 11.6 Å². The molecule has 0 aliphatic rings. The van der Waals surface area contributed by atoms with Gasteiger partial charge in [-0.3, -0.25) is 0 Å². The lowest BCUT2D eigenvalue weighted by atomic mass is 10.2. The molecule has 2 nitrogen and oxygen atoms in total. The van der Waals surface area contributed by atoms with E-state index in [2.05, 4.69) is 20.7 Å². The number of anilines is 1. The van der Waals surface area contributed by atoms with Crippen LogP contribution in [0.2, 0.25) is 5.02 Å². The van der Waals surface area contributed by atoms with E-state index in [1.807, 2.05) is 0 Å². The average Bonchev–Trinajstić information content (AvgIpc) is 2.11. The number of ether oxygens (including phenoxy) is 1. The SMILES string of the molecule is Nc1c(CBr)ccc(Cl)c1OC(F)(F)F. The fourth-order valence-corrected chi connectivity index (χ4v) is 1.64. The third kappa shape index (κ3) is 3.17. The Morgan fingerprint density at radius 2 is 2.00 bits per heavy atom. The molecule has 2 N–H and O–H groups in total. The predicted octanol–water partition coefficient (Wildman–Crippen LogP) is 3.72. The van der Waals surface area contributed by atoms with Crippen molar-refractivity contribution < 1.29 is 17.9 Å². The van der Waals surface area contributed by atoms with Crippen molar-refractivity contribution in [3.05, 3.63) is 22.7 Å². The number of hydrogen-bond donors (Lipinski definition) is 1. The molecule has 0 unspecified atom stereocenters. The summed E-state index contributed by atoms with van der Waals surface area (Å²) in [7, 11) is 0. The Bertz CT molecular complexity index is 370. The smallest absolute Gasteiger partial charge is 0.402 e. The minimum absolute atomic E-state index is 0.114. The molecule has 0 spiro atoms. The van der Waals surface area contributed by atoms with Gasteiger partial charge < -0.3 is 10.5 Å². The second-order valence-electron chi connectivity index (χ2n) is 2.63. The Labute approximate surface area is 97.3 Å². The fraction of sp³-hybridized carbons (Fsp3) is 0.250. The van der Waals surface area contributed by atoms with Crippen molar-refractivity contribution in [2.24, 2.45) is 0 Å². The van der Waals surface area contributed by atoms with Gasteiger partial charge in [0.2, 0.25) is 0 Å². The maximum absolute atomic E-state index is 12.0. The summed E-state index contributed by atoms with van der Waals surface area (Å²) < 4.78 is 39.7. The van der Waals surface area contributed by atoms with E-state index in [9.17, 15) is 13.2 Å². The van der Waals surface area contributed by atoms with Crippen LogP contribution in [-0.4, -0.2) is 6.36 Å². The van der Waals surface area contributed by atoms with Crippen LogP contribution in [0, 0.1) is 0 Å². The molecule has 0 saturated carbocycles. The molecule has 0 saturated heterocycles.